The molecule has 0 atom stereocenters. The lowest BCUT2D eigenvalue weighted by Gasteiger charge is -2.09. The van der Waals surface area contributed by atoms with Crippen molar-refractivity contribution < 1.29 is 4.79 Å². The number of hydrogen-bond donors (Lipinski definition) is 2. The Kier molecular flexibility index (Phi) is 6.27. The van der Waals surface area contributed by atoms with Crippen LogP contribution in [0.15, 0.2) is 36.0 Å². The monoisotopic (exact) mass is 272 g/mol. The highest BCUT2D eigenvalue weighted by Gasteiger charge is 2.09. The molecule has 0 spiro atoms. The molecule has 0 aliphatic heterocycles. The van der Waals surface area contributed by atoms with Crippen LogP contribution >= 0.6 is 0 Å². The van der Waals surface area contributed by atoms with E-state index < -0.39 is 5.91 Å². The summed E-state index contributed by atoms with van der Waals surface area (Å²) in [6.45, 7) is 3.41. The molecule has 0 heterocycles. The lowest BCUT2D eigenvalue weighted by molar-refractivity contribution is -0.112. The van der Waals surface area contributed by atoms with Crippen molar-refractivity contribution in [3.05, 3.63) is 41.6 Å². The van der Waals surface area contributed by atoms with Crippen LogP contribution in [0.25, 0.3) is 0 Å². The molecule has 0 aliphatic carbocycles. The zero-order chi connectivity index (χ0) is 15.0. The van der Waals surface area contributed by atoms with Gasteiger partial charge in [0.25, 0.3) is 5.91 Å². The molecular formula is C15H20N4O. The van der Waals surface area contributed by atoms with Crippen molar-refractivity contribution in [3.8, 4) is 6.07 Å². The van der Waals surface area contributed by atoms with Gasteiger partial charge in [-0.2, -0.15) is 5.26 Å². The number of nitrogens with zero attached hydrogens (tertiary/aromatic N) is 2. The molecule has 20 heavy (non-hydrogen) atoms. The smallest absolute Gasteiger partial charge is 0.267 e. The van der Waals surface area contributed by atoms with E-state index in [1.54, 1.807) is 0 Å². The first-order valence-electron chi connectivity index (χ1n) is 6.40. The van der Waals surface area contributed by atoms with Crippen molar-refractivity contribution in [2.45, 2.75) is 6.92 Å². The van der Waals surface area contributed by atoms with Gasteiger partial charge in [-0.15, -0.1) is 0 Å². The maximum atomic E-state index is 12.0. The third kappa shape index (κ3) is 5.12. The molecule has 106 valence electrons. The third-order valence-electron chi connectivity index (χ3n) is 2.71. The van der Waals surface area contributed by atoms with Crippen LogP contribution in [0.1, 0.15) is 5.56 Å². The lowest BCUT2D eigenvalue weighted by Crippen LogP contribution is -2.24. The van der Waals surface area contributed by atoms with Crippen LogP contribution in [-0.4, -0.2) is 38.0 Å². The van der Waals surface area contributed by atoms with Gasteiger partial charge >= 0.3 is 0 Å². The van der Waals surface area contributed by atoms with Gasteiger partial charge in [0.05, 0.1) is 0 Å². The minimum atomic E-state index is -0.404. The van der Waals surface area contributed by atoms with Crippen molar-refractivity contribution in [2.24, 2.45) is 0 Å². The van der Waals surface area contributed by atoms with Gasteiger partial charge in [-0.1, -0.05) is 18.2 Å². The Morgan fingerprint density at radius 2 is 2.10 bits per heavy atom. The molecule has 5 heteroatoms. The molecule has 0 bridgehead atoms. The van der Waals surface area contributed by atoms with Gasteiger partial charge in [0.2, 0.25) is 0 Å². The van der Waals surface area contributed by atoms with E-state index in [4.69, 9.17) is 5.26 Å². The summed E-state index contributed by atoms with van der Waals surface area (Å²) in [6, 6.07) is 9.35. The predicted octanol–water partition coefficient (Wildman–Crippen LogP) is 1.49. The van der Waals surface area contributed by atoms with Crippen LogP contribution in [-0.2, 0) is 4.79 Å². The van der Waals surface area contributed by atoms with Crippen molar-refractivity contribution in [2.75, 3.05) is 32.5 Å². The number of anilines is 1. The lowest BCUT2D eigenvalue weighted by atomic mass is 10.2. The number of carbonyl (C=O) groups excluding carboxylic acids is 1. The minimum Gasteiger partial charge on any atom is -0.388 e. The molecule has 0 aromatic heterocycles. The van der Waals surface area contributed by atoms with Crippen molar-refractivity contribution in [1.29, 1.82) is 5.26 Å². The van der Waals surface area contributed by atoms with E-state index in [1.807, 2.05) is 56.3 Å². The Morgan fingerprint density at radius 3 is 2.70 bits per heavy atom. The highest BCUT2D eigenvalue weighted by molar-refractivity contribution is 6.06. The highest BCUT2D eigenvalue weighted by Crippen LogP contribution is 2.13. The van der Waals surface area contributed by atoms with E-state index in [0.717, 1.165) is 12.1 Å². The third-order valence-corrected chi connectivity index (χ3v) is 2.71. The van der Waals surface area contributed by atoms with Crippen LogP contribution in [0.4, 0.5) is 5.69 Å². The molecule has 2 N–H and O–H groups in total. The zero-order valence-electron chi connectivity index (χ0n) is 12.1. The highest BCUT2D eigenvalue weighted by atomic mass is 16.1. The van der Waals surface area contributed by atoms with Crippen molar-refractivity contribution in [1.82, 2.24) is 10.2 Å². The first kappa shape index (κ1) is 15.7. The standard InChI is InChI=1S/C15H20N4O/c1-12-6-4-5-7-14(12)18-15(20)13(10-16)11-17-8-9-19(2)3/h4-7,11,17H,8-9H2,1-3H3,(H,18,20)/b13-11-. The largest absolute Gasteiger partial charge is 0.388 e. The number of likely N-dealkylation sites (N-methyl/N-ethyl adjacent to an activating group) is 1. The van der Waals surface area contributed by atoms with Gasteiger partial charge in [-0.25, -0.2) is 0 Å². The fraction of sp³-hybridized carbons (Fsp3) is 0.333. The minimum absolute atomic E-state index is 0.0620. The average Bonchev–Trinajstić information content (AvgIpc) is 2.41. The number of benzene rings is 1. The second-order valence-electron chi connectivity index (χ2n) is 4.70. The molecule has 0 saturated carbocycles. The summed E-state index contributed by atoms with van der Waals surface area (Å²) < 4.78 is 0. The molecule has 1 amide bonds. The van der Waals surface area contributed by atoms with E-state index in [0.29, 0.717) is 12.2 Å². The quantitative estimate of drug-likeness (QED) is 0.468. The summed E-state index contributed by atoms with van der Waals surface area (Å²) in [5.41, 5.74) is 1.73. The second kappa shape index (κ2) is 7.97. The Morgan fingerprint density at radius 1 is 1.40 bits per heavy atom. The maximum absolute atomic E-state index is 12.0. The number of rotatable bonds is 6. The molecule has 1 aromatic carbocycles. The topological polar surface area (TPSA) is 68.2 Å². The Balaban J connectivity index is 2.62. The van der Waals surface area contributed by atoms with Crippen molar-refractivity contribution >= 4 is 11.6 Å². The van der Waals surface area contributed by atoms with E-state index >= 15 is 0 Å². The van der Waals surface area contributed by atoms with E-state index in [1.165, 1.54) is 6.20 Å². The molecule has 1 aromatic rings. The van der Waals surface area contributed by atoms with Crippen LogP contribution in [0.3, 0.4) is 0 Å². The van der Waals surface area contributed by atoms with Crippen LogP contribution in [0, 0.1) is 18.3 Å². The zero-order valence-corrected chi connectivity index (χ0v) is 12.1. The van der Waals surface area contributed by atoms with E-state index in [2.05, 4.69) is 10.6 Å². The fourth-order valence-electron chi connectivity index (χ4n) is 1.51. The van der Waals surface area contributed by atoms with Gasteiger partial charge < -0.3 is 15.5 Å². The summed E-state index contributed by atoms with van der Waals surface area (Å²) in [5.74, 6) is -0.404. The summed E-state index contributed by atoms with van der Waals surface area (Å²) in [6.07, 6.45) is 1.46. The summed E-state index contributed by atoms with van der Waals surface area (Å²) >= 11 is 0. The second-order valence-corrected chi connectivity index (χ2v) is 4.70. The predicted molar refractivity (Wildman–Crippen MR) is 80.1 cm³/mol. The number of amides is 1. The summed E-state index contributed by atoms with van der Waals surface area (Å²) in [4.78, 5) is 14.0. The number of nitrogens with one attached hydrogen (secondary N) is 2. The normalized spacial score (nSPS) is 11.1. The first-order valence-corrected chi connectivity index (χ1v) is 6.40. The van der Waals surface area contributed by atoms with Crippen molar-refractivity contribution in [3.63, 3.8) is 0 Å². The van der Waals surface area contributed by atoms with Gasteiger partial charge in [0.1, 0.15) is 11.6 Å². The van der Waals surface area contributed by atoms with Gasteiger partial charge in [-0.3, -0.25) is 4.79 Å². The molecular weight excluding hydrogens is 252 g/mol. The summed E-state index contributed by atoms with van der Waals surface area (Å²) in [7, 11) is 3.92. The van der Waals surface area contributed by atoms with Gasteiger partial charge in [0, 0.05) is 25.0 Å². The number of para-hydroxylation sites is 1. The first-order chi connectivity index (χ1) is 9.54. The Labute approximate surface area is 119 Å². The van der Waals surface area contributed by atoms with Crippen LogP contribution < -0.4 is 10.6 Å². The molecule has 1 rings (SSSR count). The molecule has 0 fully saturated rings. The van der Waals surface area contributed by atoms with Gasteiger partial charge in [0.15, 0.2) is 0 Å². The molecule has 5 nitrogen and oxygen atoms in total. The number of aryl methyl sites for hydroxylation is 1. The SMILES string of the molecule is Cc1ccccc1NC(=O)/C(C#N)=C\NCCN(C)C. The number of nitriles is 1. The molecule has 0 unspecified atom stereocenters. The Bertz CT molecular complexity index is 529. The number of hydrogen-bond acceptors (Lipinski definition) is 4. The molecule has 0 aliphatic rings. The number of carbonyl (C=O) groups is 1. The van der Waals surface area contributed by atoms with Crippen LogP contribution in [0.5, 0.6) is 0 Å². The Hall–Kier alpha value is -2.32. The average molecular weight is 272 g/mol. The maximum Gasteiger partial charge on any atom is 0.267 e. The molecule has 0 radical (unpaired) electrons. The van der Waals surface area contributed by atoms with E-state index in [-0.39, 0.29) is 5.57 Å². The van der Waals surface area contributed by atoms with Gasteiger partial charge in [-0.05, 0) is 32.6 Å². The fourth-order valence-corrected chi connectivity index (χ4v) is 1.51. The van der Waals surface area contributed by atoms with Crippen LogP contribution in [0.2, 0.25) is 0 Å². The molecule has 0 saturated heterocycles. The van der Waals surface area contributed by atoms with E-state index in [9.17, 15) is 4.79 Å². The summed E-state index contributed by atoms with van der Waals surface area (Å²) in [5, 5.41) is 14.7.